The fraction of sp³-hybridized carbons (Fsp3) is 0.571. The highest BCUT2D eigenvalue weighted by Crippen LogP contribution is 2.33. The Morgan fingerprint density at radius 1 is 1.24 bits per heavy atom. The minimum atomic E-state index is -3.59. The summed E-state index contributed by atoms with van der Waals surface area (Å²) in [6.45, 7) is 4.63. The summed E-state index contributed by atoms with van der Waals surface area (Å²) in [6.07, 6.45) is 0.774. The lowest BCUT2D eigenvalue weighted by molar-refractivity contribution is 0.350. The van der Waals surface area contributed by atoms with Gasteiger partial charge in [-0.3, -0.25) is 0 Å². The highest BCUT2D eigenvalue weighted by molar-refractivity contribution is 7.89. The first-order valence-corrected chi connectivity index (χ1v) is 8.28. The standard InChI is InChI=1S/C14H24N2O4S/c1-10(2)5-6-16-21(17,18)12-7-11(9-15)14(20-4)13(8-12)19-3/h7-8,10,16H,5-6,9,15H2,1-4H3. The van der Waals surface area contributed by atoms with Crippen LogP contribution < -0.4 is 19.9 Å². The number of nitrogens with two attached hydrogens (primary N) is 1. The summed E-state index contributed by atoms with van der Waals surface area (Å²) < 4.78 is 37.6. The third-order valence-corrected chi connectivity index (χ3v) is 4.51. The van der Waals surface area contributed by atoms with Crippen LogP contribution >= 0.6 is 0 Å². The zero-order valence-electron chi connectivity index (χ0n) is 13.0. The van der Waals surface area contributed by atoms with E-state index in [2.05, 4.69) is 4.72 Å². The predicted molar refractivity (Wildman–Crippen MR) is 82.1 cm³/mol. The summed E-state index contributed by atoms with van der Waals surface area (Å²) in [4.78, 5) is 0.129. The van der Waals surface area contributed by atoms with Crippen molar-refractivity contribution < 1.29 is 17.9 Å². The Kier molecular flexibility index (Phi) is 6.44. The van der Waals surface area contributed by atoms with Gasteiger partial charge in [0.15, 0.2) is 11.5 Å². The van der Waals surface area contributed by atoms with Crippen LogP contribution in [0.4, 0.5) is 0 Å². The number of nitrogens with one attached hydrogen (secondary N) is 1. The van der Waals surface area contributed by atoms with Crippen molar-refractivity contribution in [3.63, 3.8) is 0 Å². The first kappa shape index (κ1) is 17.7. The first-order chi connectivity index (χ1) is 9.85. The molecule has 0 aromatic heterocycles. The van der Waals surface area contributed by atoms with E-state index >= 15 is 0 Å². The lowest BCUT2D eigenvalue weighted by Crippen LogP contribution is -2.26. The van der Waals surface area contributed by atoms with E-state index in [0.29, 0.717) is 29.5 Å². The van der Waals surface area contributed by atoms with E-state index < -0.39 is 10.0 Å². The normalized spacial score (nSPS) is 11.7. The largest absolute Gasteiger partial charge is 0.493 e. The molecule has 1 rings (SSSR count). The maximum absolute atomic E-state index is 12.3. The van der Waals surface area contributed by atoms with Crippen LogP contribution in [-0.2, 0) is 16.6 Å². The van der Waals surface area contributed by atoms with Crippen molar-refractivity contribution in [2.45, 2.75) is 31.7 Å². The van der Waals surface area contributed by atoms with Crippen LogP contribution in [0.25, 0.3) is 0 Å². The molecule has 0 radical (unpaired) electrons. The fourth-order valence-electron chi connectivity index (χ4n) is 1.89. The van der Waals surface area contributed by atoms with E-state index in [1.165, 1.54) is 26.4 Å². The van der Waals surface area contributed by atoms with Crippen molar-refractivity contribution in [1.29, 1.82) is 0 Å². The second-order valence-electron chi connectivity index (χ2n) is 5.10. The highest BCUT2D eigenvalue weighted by Gasteiger charge is 2.19. The van der Waals surface area contributed by atoms with Crippen LogP contribution in [-0.4, -0.2) is 29.2 Å². The SMILES string of the molecule is COc1cc(S(=O)(=O)NCCC(C)C)cc(CN)c1OC. The van der Waals surface area contributed by atoms with Gasteiger partial charge >= 0.3 is 0 Å². The fourth-order valence-corrected chi connectivity index (χ4v) is 3.00. The van der Waals surface area contributed by atoms with Gasteiger partial charge < -0.3 is 15.2 Å². The van der Waals surface area contributed by atoms with Gasteiger partial charge in [-0.25, -0.2) is 13.1 Å². The monoisotopic (exact) mass is 316 g/mol. The third-order valence-electron chi connectivity index (χ3n) is 3.07. The molecule has 0 aliphatic heterocycles. The number of hydrogen-bond acceptors (Lipinski definition) is 5. The van der Waals surface area contributed by atoms with Crippen LogP contribution in [0.3, 0.4) is 0 Å². The molecule has 0 saturated carbocycles. The maximum Gasteiger partial charge on any atom is 0.240 e. The van der Waals surface area contributed by atoms with Gasteiger partial charge in [-0.15, -0.1) is 0 Å². The van der Waals surface area contributed by atoms with Crippen molar-refractivity contribution >= 4 is 10.0 Å². The molecule has 0 saturated heterocycles. The molecule has 0 spiro atoms. The van der Waals surface area contributed by atoms with Gasteiger partial charge in [0, 0.05) is 24.7 Å². The minimum Gasteiger partial charge on any atom is -0.493 e. The van der Waals surface area contributed by atoms with E-state index in [1.54, 1.807) is 0 Å². The van der Waals surface area contributed by atoms with E-state index in [9.17, 15) is 8.42 Å². The van der Waals surface area contributed by atoms with Crippen LogP contribution in [0.5, 0.6) is 11.5 Å². The topological polar surface area (TPSA) is 90.7 Å². The lowest BCUT2D eigenvalue weighted by atomic mass is 10.1. The summed E-state index contributed by atoms with van der Waals surface area (Å²) in [5, 5.41) is 0. The molecule has 7 heteroatoms. The molecule has 6 nitrogen and oxygen atoms in total. The molecule has 0 fully saturated rings. The van der Waals surface area contributed by atoms with Crippen LogP contribution in [0.15, 0.2) is 17.0 Å². The van der Waals surface area contributed by atoms with Gasteiger partial charge in [-0.1, -0.05) is 13.8 Å². The van der Waals surface area contributed by atoms with Crippen molar-refractivity contribution in [1.82, 2.24) is 4.72 Å². The summed E-state index contributed by atoms with van der Waals surface area (Å²) >= 11 is 0. The Balaban J connectivity index is 3.12. The molecule has 1 aromatic rings. The molecule has 120 valence electrons. The molecular formula is C14H24N2O4S. The molecule has 0 aliphatic rings. The molecule has 0 aliphatic carbocycles. The molecular weight excluding hydrogens is 292 g/mol. The number of benzene rings is 1. The number of methoxy groups -OCH3 is 2. The van der Waals surface area contributed by atoms with Crippen LogP contribution in [0, 0.1) is 5.92 Å². The van der Waals surface area contributed by atoms with Gasteiger partial charge in [0.25, 0.3) is 0 Å². The van der Waals surface area contributed by atoms with Gasteiger partial charge in [0.05, 0.1) is 19.1 Å². The summed E-state index contributed by atoms with van der Waals surface area (Å²) in [5.41, 5.74) is 6.24. The number of rotatable bonds is 8. The van der Waals surface area contributed by atoms with Gasteiger partial charge in [-0.2, -0.15) is 0 Å². The smallest absolute Gasteiger partial charge is 0.240 e. The molecule has 0 heterocycles. The zero-order chi connectivity index (χ0) is 16.0. The van der Waals surface area contributed by atoms with Crippen molar-refractivity contribution in [2.75, 3.05) is 20.8 Å². The van der Waals surface area contributed by atoms with Gasteiger partial charge in [0.1, 0.15) is 0 Å². The molecule has 0 bridgehead atoms. The Bertz CT molecular complexity index is 545. The molecule has 3 N–H and O–H groups in total. The summed E-state index contributed by atoms with van der Waals surface area (Å²) in [7, 11) is -0.636. The van der Waals surface area contributed by atoms with Gasteiger partial charge in [-0.05, 0) is 18.4 Å². The minimum absolute atomic E-state index is 0.129. The van der Waals surface area contributed by atoms with Crippen LogP contribution in [0.1, 0.15) is 25.8 Å². The van der Waals surface area contributed by atoms with E-state index in [1.807, 2.05) is 13.8 Å². The van der Waals surface area contributed by atoms with E-state index in [4.69, 9.17) is 15.2 Å². The van der Waals surface area contributed by atoms with Gasteiger partial charge in [0.2, 0.25) is 10.0 Å². The second kappa shape index (κ2) is 7.63. The first-order valence-electron chi connectivity index (χ1n) is 6.80. The zero-order valence-corrected chi connectivity index (χ0v) is 13.8. The van der Waals surface area contributed by atoms with E-state index in [0.717, 1.165) is 6.42 Å². The Morgan fingerprint density at radius 2 is 1.90 bits per heavy atom. The highest BCUT2D eigenvalue weighted by atomic mass is 32.2. The summed E-state index contributed by atoms with van der Waals surface area (Å²) in [5.74, 6) is 1.24. The third kappa shape index (κ3) is 4.59. The van der Waals surface area contributed by atoms with Crippen molar-refractivity contribution in [2.24, 2.45) is 11.7 Å². The number of hydrogen-bond donors (Lipinski definition) is 2. The Hall–Kier alpha value is -1.31. The average molecular weight is 316 g/mol. The molecule has 0 amide bonds. The number of ether oxygens (including phenoxy) is 2. The summed E-state index contributed by atoms with van der Waals surface area (Å²) in [6, 6.07) is 2.95. The predicted octanol–water partition coefficient (Wildman–Crippen LogP) is 1.49. The van der Waals surface area contributed by atoms with Crippen molar-refractivity contribution in [3.8, 4) is 11.5 Å². The number of sulfonamides is 1. The Morgan fingerprint density at radius 3 is 2.38 bits per heavy atom. The maximum atomic E-state index is 12.3. The molecule has 21 heavy (non-hydrogen) atoms. The average Bonchev–Trinajstić information content (AvgIpc) is 2.44. The van der Waals surface area contributed by atoms with E-state index in [-0.39, 0.29) is 11.4 Å². The van der Waals surface area contributed by atoms with Crippen LogP contribution in [0.2, 0.25) is 0 Å². The Labute approximate surface area is 126 Å². The molecule has 0 unspecified atom stereocenters. The second-order valence-corrected chi connectivity index (χ2v) is 6.87. The van der Waals surface area contributed by atoms with Crippen molar-refractivity contribution in [3.05, 3.63) is 17.7 Å². The molecule has 0 atom stereocenters. The lowest BCUT2D eigenvalue weighted by Gasteiger charge is -2.15. The quantitative estimate of drug-likeness (QED) is 0.758. The molecule has 1 aromatic carbocycles.